The third kappa shape index (κ3) is 2.66. The van der Waals surface area contributed by atoms with Crippen molar-refractivity contribution in [3.05, 3.63) is 38.9 Å². The highest BCUT2D eigenvalue weighted by molar-refractivity contribution is 6.04. The number of aromatic amines is 1. The van der Waals surface area contributed by atoms with Gasteiger partial charge < -0.3 is 14.9 Å². The minimum atomic E-state index is -0.729. The molecule has 0 saturated carbocycles. The number of ketones is 1. The Bertz CT molecular complexity index is 816. The van der Waals surface area contributed by atoms with E-state index >= 15 is 0 Å². The molecule has 0 unspecified atom stereocenters. The van der Waals surface area contributed by atoms with Gasteiger partial charge in [0.25, 0.3) is 0 Å². The number of H-pyrrole nitrogens is 1. The number of carbonyl (C=O) groups is 2. The van der Waals surface area contributed by atoms with Gasteiger partial charge in [0.15, 0.2) is 0 Å². The first-order valence-corrected chi connectivity index (χ1v) is 5.91. The molecule has 0 aliphatic heterocycles. The zero-order valence-corrected chi connectivity index (χ0v) is 11.0. The smallest absolute Gasteiger partial charge is 0.316 e. The van der Waals surface area contributed by atoms with Crippen LogP contribution in [0, 0.1) is 0 Å². The van der Waals surface area contributed by atoms with Crippen molar-refractivity contribution in [2.24, 2.45) is 7.05 Å². The fourth-order valence-corrected chi connectivity index (χ4v) is 1.88. The third-order valence-electron chi connectivity index (χ3n) is 2.80. The number of hydrogen-bond acceptors (Lipinski definition) is 4. The maximum absolute atomic E-state index is 11.5. The Morgan fingerprint density at radius 3 is 2.65 bits per heavy atom. The van der Waals surface area contributed by atoms with Crippen molar-refractivity contribution in [1.82, 2.24) is 9.55 Å². The van der Waals surface area contributed by atoms with Crippen LogP contribution in [0.15, 0.2) is 27.8 Å². The highest BCUT2D eigenvalue weighted by atomic mass is 16.2. The summed E-state index contributed by atoms with van der Waals surface area (Å²) in [5.41, 5.74) is 0.0352. The zero-order chi connectivity index (χ0) is 14.9. The van der Waals surface area contributed by atoms with E-state index in [0.29, 0.717) is 16.7 Å². The Balaban J connectivity index is 2.42. The fraction of sp³-hybridized carbons (Fsp3) is 0.231. The van der Waals surface area contributed by atoms with Gasteiger partial charge in [-0.25, -0.2) is 0 Å². The summed E-state index contributed by atoms with van der Waals surface area (Å²) in [4.78, 5) is 47.7. The largest absolute Gasteiger partial charge is 0.326 e. The Hall–Kier alpha value is -2.70. The van der Waals surface area contributed by atoms with Gasteiger partial charge in [-0.2, -0.15) is 0 Å². The Morgan fingerprint density at radius 2 is 2.00 bits per heavy atom. The first-order valence-electron chi connectivity index (χ1n) is 5.91. The quantitative estimate of drug-likeness (QED) is 0.614. The van der Waals surface area contributed by atoms with Gasteiger partial charge in [0, 0.05) is 12.7 Å². The van der Waals surface area contributed by atoms with E-state index < -0.39 is 17.0 Å². The summed E-state index contributed by atoms with van der Waals surface area (Å²) in [6.07, 6.45) is -0.207. The van der Waals surface area contributed by atoms with Crippen molar-refractivity contribution in [3.8, 4) is 0 Å². The number of Topliss-reactive ketones (excluding diaryl/α,β-unsaturated/α-hetero) is 1. The maximum Gasteiger partial charge on any atom is 0.316 e. The number of nitrogens with one attached hydrogen (secondary N) is 2. The Kier molecular flexibility index (Phi) is 3.51. The standard InChI is InChI=1S/C13H13N3O4/c1-7(17)5-11(18)14-8-3-4-10-9(6-8)15-12(19)13(20)16(10)2/h3-4,6H,5H2,1-2H3,(H,14,18)(H,15,19). The lowest BCUT2D eigenvalue weighted by atomic mass is 10.2. The van der Waals surface area contributed by atoms with Gasteiger partial charge in [-0.1, -0.05) is 0 Å². The molecule has 20 heavy (non-hydrogen) atoms. The molecule has 7 nitrogen and oxygen atoms in total. The van der Waals surface area contributed by atoms with E-state index in [1.54, 1.807) is 12.1 Å². The molecule has 0 spiro atoms. The topological polar surface area (TPSA) is 101 Å². The van der Waals surface area contributed by atoms with Crippen molar-refractivity contribution >= 4 is 28.4 Å². The number of rotatable bonds is 3. The molecule has 0 atom stereocenters. The Labute approximate surface area is 113 Å². The number of hydrogen-bond donors (Lipinski definition) is 2. The molecule has 1 amide bonds. The molecule has 0 aliphatic carbocycles. The fourth-order valence-electron chi connectivity index (χ4n) is 1.88. The van der Waals surface area contributed by atoms with Crippen LogP contribution in [0.1, 0.15) is 13.3 Å². The number of benzene rings is 1. The molecule has 0 bridgehead atoms. The van der Waals surface area contributed by atoms with Crippen LogP contribution in [0.25, 0.3) is 11.0 Å². The number of nitrogens with zero attached hydrogens (tertiary/aromatic N) is 1. The van der Waals surface area contributed by atoms with Gasteiger partial charge in [-0.3, -0.25) is 19.2 Å². The molecule has 1 aromatic carbocycles. The number of aromatic nitrogens is 2. The molecule has 0 aliphatic rings. The highest BCUT2D eigenvalue weighted by Crippen LogP contribution is 2.15. The molecule has 7 heteroatoms. The summed E-state index contributed by atoms with van der Waals surface area (Å²) in [5.74, 6) is -0.664. The minimum Gasteiger partial charge on any atom is -0.326 e. The average molecular weight is 275 g/mol. The summed E-state index contributed by atoms with van der Waals surface area (Å²) in [7, 11) is 1.49. The predicted molar refractivity (Wildman–Crippen MR) is 73.7 cm³/mol. The van der Waals surface area contributed by atoms with Crippen molar-refractivity contribution in [3.63, 3.8) is 0 Å². The summed E-state index contributed by atoms with van der Waals surface area (Å²) in [6, 6.07) is 4.74. The Morgan fingerprint density at radius 1 is 1.30 bits per heavy atom. The number of aryl methyl sites for hydroxylation is 1. The van der Waals surface area contributed by atoms with Gasteiger partial charge in [-0.05, 0) is 25.1 Å². The summed E-state index contributed by atoms with van der Waals surface area (Å²) in [6.45, 7) is 1.33. The van der Waals surface area contributed by atoms with Crippen LogP contribution in [0.4, 0.5) is 5.69 Å². The molecule has 1 aromatic heterocycles. The van der Waals surface area contributed by atoms with Crippen molar-refractivity contribution < 1.29 is 9.59 Å². The molecule has 2 aromatic rings. The van der Waals surface area contributed by atoms with Gasteiger partial charge in [0.1, 0.15) is 5.78 Å². The summed E-state index contributed by atoms with van der Waals surface area (Å²) >= 11 is 0. The molecule has 2 N–H and O–H groups in total. The van der Waals surface area contributed by atoms with Crippen LogP contribution in [0.5, 0.6) is 0 Å². The number of fused-ring (bicyclic) bond motifs is 1. The van der Waals surface area contributed by atoms with E-state index in [0.717, 1.165) is 0 Å². The van der Waals surface area contributed by atoms with Crippen LogP contribution >= 0.6 is 0 Å². The van der Waals surface area contributed by atoms with Crippen molar-refractivity contribution in [1.29, 1.82) is 0 Å². The molecular formula is C13H13N3O4. The van der Waals surface area contributed by atoms with Gasteiger partial charge in [0.2, 0.25) is 5.91 Å². The van der Waals surface area contributed by atoms with E-state index in [2.05, 4.69) is 10.3 Å². The monoisotopic (exact) mass is 275 g/mol. The molecule has 0 radical (unpaired) electrons. The summed E-state index contributed by atoms with van der Waals surface area (Å²) < 4.78 is 1.23. The van der Waals surface area contributed by atoms with Gasteiger partial charge >= 0.3 is 11.1 Å². The van der Waals surface area contributed by atoms with Gasteiger partial charge in [-0.15, -0.1) is 0 Å². The minimum absolute atomic E-state index is 0.207. The van der Waals surface area contributed by atoms with Crippen LogP contribution in [0.3, 0.4) is 0 Å². The van der Waals surface area contributed by atoms with E-state index in [-0.39, 0.29) is 12.2 Å². The van der Waals surface area contributed by atoms with Crippen LogP contribution < -0.4 is 16.4 Å². The lowest BCUT2D eigenvalue weighted by Gasteiger charge is -2.07. The number of amides is 1. The van der Waals surface area contributed by atoms with E-state index in [1.165, 1.54) is 24.6 Å². The normalized spacial score (nSPS) is 10.5. The molecule has 1 heterocycles. The molecule has 0 saturated heterocycles. The SMILES string of the molecule is CC(=O)CC(=O)Nc1ccc2c(c1)[nH]c(=O)c(=O)n2C. The molecule has 2 rings (SSSR count). The average Bonchev–Trinajstić information content (AvgIpc) is 2.35. The van der Waals surface area contributed by atoms with E-state index in [1.807, 2.05) is 0 Å². The maximum atomic E-state index is 11.5. The lowest BCUT2D eigenvalue weighted by molar-refractivity contribution is -0.124. The van der Waals surface area contributed by atoms with Crippen LogP contribution in [0.2, 0.25) is 0 Å². The second kappa shape index (κ2) is 5.12. The first-order chi connectivity index (χ1) is 9.38. The number of anilines is 1. The van der Waals surface area contributed by atoms with Crippen molar-refractivity contribution in [2.75, 3.05) is 5.32 Å². The van der Waals surface area contributed by atoms with Crippen LogP contribution in [-0.4, -0.2) is 21.2 Å². The molecule has 0 fully saturated rings. The second-order valence-corrected chi connectivity index (χ2v) is 4.48. The first kappa shape index (κ1) is 13.7. The highest BCUT2D eigenvalue weighted by Gasteiger charge is 2.08. The molecule has 104 valence electrons. The van der Waals surface area contributed by atoms with E-state index in [4.69, 9.17) is 0 Å². The summed E-state index contributed by atoms with van der Waals surface area (Å²) in [5, 5.41) is 2.55. The van der Waals surface area contributed by atoms with E-state index in [9.17, 15) is 19.2 Å². The lowest BCUT2D eigenvalue weighted by Crippen LogP contribution is -2.34. The predicted octanol–water partition coefficient (Wildman–Crippen LogP) is 0.144. The van der Waals surface area contributed by atoms with Crippen LogP contribution in [-0.2, 0) is 16.6 Å². The second-order valence-electron chi connectivity index (χ2n) is 4.48. The van der Waals surface area contributed by atoms with Gasteiger partial charge in [0.05, 0.1) is 17.5 Å². The van der Waals surface area contributed by atoms with Crippen molar-refractivity contribution in [2.45, 2.75) is 13.3 Å². The number of carbonyl (C=O) groups excluding carboxylic acids is 2. The molecular weight excluding hydrogens is 262 g/mol. The third-order valence-corrected chi connectivity index (χ3v) is 2.80. The zero-order valence-electron chi connectivity index (χ0n) is 11.0.